The minimum Gasteiger partial charge on any atom is -0.381 e. The third kappa shape index (κ3) is 2.67. The monoisotopic (exact) mass is 214 g/mol. The molecule has 0 aliphatic carbocycles. The lowest BCUT2D eigenvalue weighted by molar-refractivity contribution is -0.0398. The summed E-state index contributed by atoms with van der Waals surface area (Å²) >= 11 is 1.45. The van der Waals surface area contributed by atoms with Crippen molar-refractivity contribution in [2.24, 2.45) is 0 Å². The highest BCUT2D eigenvalue weighted by atomic mass is 32.1. The lowest BCUT2D eigenvalue weighted by atomic mass is 10.1. The maximum atomic E-state index is 5.69. The Morgan fingerprint density at radius 2 is 2.36 bits per heavy atom. The van der Waals surface area contributed by atoms with Crippen molar-refractivity contribution in [1.82, 2.24) is 4.98 Å². The summed E-state index contributed by atoms with van der Waals surface area (Å²) in [5.74, 6) is 0. The number of anilines is 1. The van der Waals surface area contributed by atoms with Crippen LogP contribution < -0.4 is 5.73 Å². The zero-order valence-corrected chi connectivity index (χ0v) is 8.76. The van der Waals surface area contributed by atoms with Gasteiger partial charge in [0.15, 0.2) is 5.13 Å². The van der Waals surface area contributed by atoms with Crippen LogP contribution in [0.15, 0.2) is 5.38 Å². The minimum absolute atomic E-state index is 0.326. The number of hydrogen-bond donors (Lipinski definition) is 1. The van der Waals surface area contributed by atoms with Crippen molar-refractivity contribution in [3.8, 4) is 0 Å². The first-order valence-corrected chi connectivity index (χ1v) is 5.62. The number of thiazole rings is 1. The molecular formula is C9H14N2O2S. The molecule has 1 aromatic heterocycles. The number of rotatable bonds is 3. The van der Waals surface area contributed by atoms with Gasteiger partial charge in [-0.2, -0.15) is 0 Å². The summed E-state index contributed by atoms with van der Waals surface area (Å²) in [7, 11) is 0. The van der Waals surface area contributed by atoms with Crippen molar-refractivity contribution >= 4 is 16.5 Å². The molecule has 0 saturated carbocycles. The molecule has 1 aliphatic heterocycles. The smallest absolute Gasteiger partial charge is 0.180 e. The zero-order valence-electron chi connectivity index (χ0n) is 7.94. The van der Waals surface area contributed by atoms with Crippen molar-refractivity contribution in [3.05, 3.63) is 11.1 Å². The van der Waals surface area contributed by atoms with Crippen molar-refractivity contribution < 1.29 is 9.47 Å². The summed E-state index contributed by atoms with van der Waals surface area (Å²) in [5.41, 5.74) is 6.45. The number of nitrogens with zero attached hydrogens (tertiary/aromatic N) is 1. The molecule has 2 rings (SSSR count). The van der Waals surface area contributed by atoms with Gasteiger partial charge in [0.25, 0.3) is 0 Å². The molecule has 2 N–H and O–H groups in total. The second-order valence-corrected chi connectivity index (χ2v) is 4.19. The van der Waals surface area contributed by atoms with E-state index in [-0.39, 0.29) is 0 Å². The average Bonchev–Trinajstić information content (AvgIpc) is 2.63. The highest BCUT2D eigenvalue weighted by Gasteiger charge is 2.14. The molecule has 0 spiro atoms. The van der Waals surface area contributed by atoms with E-state index in [0.717, 1.165) is 31.7 Å². The first kappa shape index (κ1) is 9.89. The summed E-state index contributed by atoms with van der Waals surface area (Å²) in [6, 6.07) is 0. The molecule has 1 aliphatic rings. The third-order valence-corrected chi connectivity index (χ3v) is 2.93. The van der Waals surface area contributed by atoms with E-state index in [9.17, 15) is 0 Å². The van der Waals surface area contributed by atoms with Crippen LogP contribution in [0.2, 0.25) is 0 Å². The molecule has 14 heavy (non-hydrogen) atoms. The van der Waals surface area contributed by atoms with Gasteiger partial charge in [0.05, 0.1) is 18.4 Å². The fourth-order valence-electron chi connectivity index (χ4n) is 1.43. The van der Waals surface area contributed by atoms with E-state index in [1.54, 1.807) is 0 Å². The Morgan fingerprint density at radius 3 is 3.00 bits per heavy atom. The number of hydrogen-bond acceptors (Lipinski definition) is 5. The van der Waals surface area contributed by atoms with Gasteiger partial charge >= 0.3 is 0 Å². The summed E-state index contributed by atoms with van der Waals surface area (Å²) in [5, 5.41) is 2.55. The Hall–Kier alpha value is -0.650. The fourth-order valence-corrected chi connectivity index (χ4v) is 1.98. The maximum Gasteiger partial charge on any atom is 0.180 e. The van der Waals surface area contributed by atoms with E-state index in [2.05, 4.69) is 4.98 Å². The lowest BCUT2D eigenvalue weighted by Gasteiger charge is -2.21. The molecule has 0 aromatic carbocycles. The summed E-state index contributed by atoms with van der Waals surface area (Å²) in [6.07, 6.45) is 2.30. The van der Waals surface area contributed by atoms with E-state index >= 15 is 0 Å². The van der Waals surface area contributed by atoms with Gasteiger partial charge < -0.3 is 15.2 Å². The Kier molecular flexibility index (Phi) is 3.34. The van der Waals surface area contributed by atoms with Crippen molar-refractivity contribution in [2.75, 3.05) is 18.9 Å². The molecule has 0 unspecified atom stereocenters. The van der Waals surface area contributed by atoms with Gasteiger partial charge in [-0.05, 0) is 12.8 Å². The van der Waals surface area contributed by atoms with Gasteiger partial charge in [0, 0.05) is 18.6 Å². The Bertz CT molecular complexity index is 284. The quantitative estimate of drug-likeness (QED) is 0.826. The molecule has 0 bridgehead atoms. The molecule has 2 heterocycles. The number of aromatic nitrogens is 1. The number of ether oxygens (including phenoxy) is 2. The van der Waals surface area contributed by atoms with Gasteiger partial charge in [-0.3, -0.25) is 0 Å². The SMILES string of the molecule is Nc1nc(COC2CCOCC2)cs1. The molecule has 4 nitrogen and oxygen atoms in total. The second-order valence-electron chi connectivity index (χ2n) is 3.30. The van der Waals surface area contributed by atoms with Crippen LogP contribution in [0.5, 0.6) is 0 Å². The van der Waals surface area contributed by atoms with Crippen LogP contribution >= 0.6 is 11.3 Å². The van der Waals surface area contributed by atoms with Gasteiger partial charge in [0.2, 0.25) is 0 Å². The highest BCUT2D eigenvalue weighted by molar-refractivity contribution is 7.13. The van der Waals surface area contributed by atoms with E-state index in [0.29, 0.717) is 17.8 Å². The van der Waals surface area contributed by atoms with Crippen molar-refractivity contribution in [2.45, 2.75) is 25.6 Å². The lowest BCUT2D eigenvalue weighted by Crippen LogP contribution is -2.23. The average molecular weight is 214 g/mol. The van der Waals surface area contributed by atoms with Crippen LogP contribution in [0, 0.1) is 0 Å². The number of nitrogens with two attached hydrogens (primary N) is 1. The first-order chi connectivity index (χ1) is 6.84. The minimum atomic E-state index is 0.326. The number of nitrogen functional groups attached to an aromatic ring is 1. The standard InChI is InChI=1S/C9H14N2O2S/c10-9-11-7(6-14-9)5-13-8-1-3-12-4-2-8/h6,8H,1-5H2,(H2,10,11). The Balaban J connectivity index is 1.76. The molecule has 1 fully saturated rings. The van der Waals surface area contributed by atoms with Crippen molar-refractivity contribution in [3.63, 3.8) is 0 Å². The van der Waals surface area contributed by atoms with Crippen LogP contribution in [0.1, 0.15) is 18.5 Å². The van der Waals surface area contributed by atoms with E-state index < -0.39 is 0 Å². The second kappa shape index (κ2) is 4.72. The van der Waals surface area contributed by atoms with Gasteiger partial charge in [-0.1, -0.05) is 0 Å². The Morgan fingerprint density at radius 1 is 1.57 bits per heavy atom. The summed E-state index contributed by atoms with van der Waals surface area (Å²) < 4.78 is 10.9. The molecule has 0 radical (unpaired) electrons. The molecule has 1 aromatic rings. The molecule has 0 atom stereocenters. The molecule has 1 saturated heterocycles. The normalized spacial score (nSPS) is 18.6. The molecule has 5 heteroatoms. The first-order valence-electron chi connectivity index (χ1n) is 4.74. The van der Waals surface area contributed by atoms with Crippen LogP contribution in [0.25, 0.3) is 0 Å². The maximum absolute atomic E-state index is 5.69. The molecular weight excluding hydrogens is 200 g/mol. The van der Waals surface area contributed by atoms with Crippen LogP contribution in [-0.2, 0) is 16.1 Å². The van der Waals surface area contributed by atoms with Crippen LogP contribution in [-0.4, -0.2) is 24.3 Å². The largest absolute Gasteiger partial charge is 0.381 e. The van der Waals surface area contributed by atoms with Gasteiger partial charge in [0.1, 0.15) is 0 Å². The zero-order chi connectivity index (χ0) is 9.80. The summed E-state index contributed by atoms with van der Waals surface area (Å²) in [4.78, 5) is 4.14. The van der Waals surface area contributed by atoms with Crippen LogP contribution in [0.3, 0.4) is 0 Å². The topological polar surface area (TPSA) is 57.4 Å². The van der Waals surface area contributed by atoms with Crippen LogP contribution in [0.4, 0.5) is 5.13 Å². The fraction of sp³-hybridized carbons (Fsp3) is 0.667. The highest BCUT2D eigenvalue weighted by Crippen LogP contribution is 2.15. The van der Waals surface area contributed by atoms with Gasteiger partial charge in [-0.15, -0.1) is 11.3 Å². The van der Waals surface area contributed by atoms with Gasteiger partial charge in [-0.25, -0.2) is 4.98 Å². The predicted octanol–water partition coefficient (Wildman–Crippen LogP) is 1.42. The van der Waals surface area contributed by atoms with E-state index in [1.165, 1.54) is 11.3 Å². The third-order valence-electron chi connectivity index (χ3n) is 2.20. The van der Waals surface area contributed by atoms with E-state index in [4.69, 9.17) is 15.2 Å². The molecule has 78 valence electrons. The Labute approximate surface area is 87.0 Å². The van der Waals surface area contributed by atoms with E-state index in [1.807, 2.05) is 5.38 Å². The predicted molar refractivity (Wildman–Crippen MR) is 55.2 cm³/mol. The molecule has 0 amide bonds. The van der Waals surface area contributed by atoms with Crippen molar-refractivity contribution in [1.29, 1.82) is 0 Å². The summed E-state index contributed by atoms with van der Waals surface area (Å²) in [6.45, 7) is 2.19.